The summed E-state index contributed by atoms with van der Waals surface area (Å²) in [5, 5.41) is 3.23. The number of hydrogen-bond acceptors (Lipinski definition) is 8. The lowest BCUT2D eigenvalue weighted by molar-refractivity contribution is 0.337. The van der Waals surface area contributed by atoms with Crippen molar-refractivity contribution >= 4 is 27.5 Å². The summed E-state index contributed by atoms with van der Waals surface area (Å²) in [4.78, 5) is 15.7. The van der Waals surface area contributed by atoms with Crippen LogP contribution in [0.1, 0.15) is 23.9 Å². The number of hydrogen-bond donors (Lipinski definition) is 1. The van der Waals surface area contributed by atoms with Crippen molar-refractivity contribution in [2.24, 2.45) is 0 Å². The van der Waals surface area contributed by atoms with E-state index in [0.717, 1.165) is 16.9 Å². The average Bonchev–Trinajstić information content (AvgIpc) is 2.80. The van der Waals surface area contributed by atoms with Gasteiger partial charge in [-0.3, -0.25) is 0 Å². The van der Waals surface area contributed by atoms with Crippen molar-refractivity contribution < 1.29 is 13.2 Å². The molecule has 2 aromatic heterocycles. The Morgan fingerprint density at radius 2 is 1.74 bits per heavy atom. The minimum Gasteiger partial charge on any atom is -0.494 e. The Balaban J connectivity index is 1.46. The summed E-state index contributed by atoms with van der Waals surface area (Å²) in [5.41, 5.74) is 1.91. The van der Waals surface area contributed by atoms with E-state index in [9.17, 15) is 8.42 Å². The van der Waals surface area contributed by atoms with Gasteiger partial charge in [-0.1, -0.05) is 0 Å². The third kappa shape index (κ3) is 5.28. The first-order valence-electron chi connectivity index (χ1n) is 11.3. The standard InChI is InChI=1S/C24H30N6O3S/c1-5-33-21-7-6-20(15-18(21)3)34(31,32)30-12-10-29(11-13-30)24-16-23(26-19(4)27-24)28-22-14-17(2)8-9-25-22/h6-9,14-16H,5,10-13H2,1-4H3,(H,25,26,27,28). The van der Waals surface area contributed by atoms with Gasteiger partial charge in [0.2, 0.25) is 10.0 Å². The van der Waals surface area contributed by atoms with Gasteiger partial charge in [-0.2, -0.15) is 4.31 Å². The lowest BCUT2D eigenvalue weighted by Crippen LogP contribution is -2.49. The lowest BCUT2D eigenvalue weighted by Gasteiger charge is -2.35. The molecule has 0 amide bonds. The maximum atomic E-state index is 13.2. The van der Waals surface area contributed by atoms with Gasteiger partial charge in [-0.05, 0) is 69.2 Å². The number of nitrogens with zero attached hydrogens (tertiary/aromatic N) is 5. The smallest absolute Gasteiger partial charge is 0.243 e. The number of benzene rings is 1. The number of sulfonamides is 1. The van der Waals surface area contributed by atoms with Gasteiger partial charge in [0.25, 0.3) is 0 Å². The summed E-state index contributed by atoms with van der Waals surface area (Å²) < 4.78 is 33.5. The van der Waals surface area contributed by atoms with Crippen LogP contribution in [0.15, 0.2) is 47.5 Å². The highest BCUT2D eigenvalue weighted by Crippen LogP contribution is 2.26. The van der Waals surface area contributed by atoms with Crippen molar-refractivity contribution in [3.63, 3.8) is 0 Å². The van der Waals surface area contributed by atoms with Crippen LogP contribution in [0.3, 0.4) is 0 Å². The molecule has 1 N–H and O–H groups in total. The Bertz CT molecular complexity index is 1270. The number of nitrogens with one attached hydrogen (secondary N) is 1. The summed E-state index contributed by atoms with van der Waals surface area (Å²) in [5.74, 6) is 3.46. The van der Waals surface area contributed by atoms with Crippen LogP contribution in [-0.4, -0.2) is 60.5 Å². The van der Waals surface area contributed by atoms with E-state index in [0.29, 0.717) is 56.0 Å². The molecular formula is C24H30N6O3S. The molecule has 0 unspecified atom stereocenters. The molecule has 3 heterocycles. The summed E-state index contributed by atoms with van der Waals surface area (Å²) >= 11 is 0. The van der Waals surface area contributed by atoms with Crippen LogP contribution in [-0.2, 0) is 10.0 Å². The highest BCUT2D eigenvalue weighted by atomic mass is 32.2. The van der Waals surface area contributed by atoms with E-state index in [4.69, 9.17) is 4.74 Å². The number of aromatic nitrogens is 3. The summed E-state index contributed by atoms with van der Waals surface area (Å²) in [6.07, 6.45) is 1.75. The molecule has 1 aliphatic heterocycles. The number of piperazine rings is 1. The van der Waals surface area contributed by atoms with E-state index in [1.807, 2.05) is 45.9 Å². The molecule has 0 bridgehead atoms. The second-order valence-corrected chi connectivity index (χ2v) is 10.2. The quantitative estimate of drug-likeness (QED) is 0.547. The highest BCUT2D eigenvalue weighted by molar-refractivity contribution is 7.89. The van der Waals surface area contributed by atoms with Crippen LogP contribution in [0.5, 0.6) is 5.75 Å². The second-order valence-electron chi connectivity index (χ2n) is 8.25. The number of rotatable bonds is 7. The monoisotopic (exact) mass is 482 g/mol. The van der Waals surface area contributed by atoms with Gasteiger partial charge in [-0.25, -0.2) is 23.4 Å². The fourth-order valence-electron chi connectivity index (χ4n) is 3.92. The van der Waals surface area contributed by atoms with Crippen molar-refractivity contribution in [2.45, 2.75) is 32.6 Å². The van der Waals surface area contributed by atoms with Crippen LogP contribution in [0.25, 0.3) is 0 Å². The summed E-state index contributed by atoms with van der Waals surface area (Å²) in [6.45, 7) is 9.97. The van der Waals surface area contributed by atoms with Crippen molar-refractivity contribution in [3.8, 4) is 5.75 Å². The van der Waals surface area contributed by atoms with Crippen LogP contribution in [0.4, 0.5) is 17.5 Å². The summed E-state index contributed by atoms with van der Waals surface area (Å²) in [7, 11) is -3.59. The van der Waals surface area contributed by atoms with Gasteiger partial charge in [0.15, 0.2) is 0 Å². The van der Waals surface area contributed by atoms with Crippen LogP contribution < -0.4 is 15.0 Å². The normalized spacial score (nSPS) is 14.8. The zero-order chi connectivity index (χ0) is 24.3. The molecule has 180 valence electrons. The Morgan fingerprint density at radius 3 is 2.41 bits per heavy atom. The molecule has 4 rings (SSSR count). The molecule has 1 saturated heterocycles. The van der Waals surface area contributed by atoms with Gasteiger partial charge in [-0.15, -0.1) is 0 Å². The molecule has 1 fully saturated rings. The Morgan fingerprint density at radius 1 is 0.971 bits per heavy atom. The van der Waals surface area contributed by atoms with Crippen molar-refractivity contribution in [1.29, 1.82) is 0 Å². The van der Waals surface area contributed by atoms with E-state index < -0.39 is 10.0 Å². The molecule has 0 radical (unpaired) electrons. The number of ether oxygens (including phenoxy) is 1. The van der Waals surface area contributed by atoms with Crippen LogP contribution in [0, 0.1) is 20.8 Å². The number of aryl methyl sites for hydroxylation is 3. The predicted octanol–water partition coefficient (Wildman–Crippen LogP) is 3.45. The lowest BCUT2D eigenvalue weighted by atomic mass is 10.2. The Kier molecular flexibility index (Phi) is 6.99. The predicted molar refractivity (Wildman–Crippen MR) is 132 cm³/mol. The van der Waals surface area contributed by atoms with Crippen molar-refractivity contribution in [1.82, 2.24) is 19.3 Å². The average molecular weight is 483 g/mol. The third-order valence-electron chi connectivity index (χ3n) is 5.64. The zero-order valence-electron chi connectivity index (χ0n) is 19.9. The molecule has 0 aliphatic carbocycles. The van der Waals surface area contributed by atoms with E-state index >= 15 is 0 Å². The fraction of sp³-hybridized carbons (Fsp3) is 0.375. The molecule has 0 spiro atoms. The van der Waals surface area contributed by atoms with Gasteiger partial charge < -0.3 is 15.0 Å². The van der Waals surface area contributed by atoms with E-state index in [1.54, 1.807) is 24.4 Å². The second kappa shape index (κ2) is 9.94. The summed E-state index contributed by atoms with van der Waals surface area (Å²) in [6, 6.07) is 10.8. The molecular weight excluding hydrogens is 452 g/mol. The number of anilines is 3. The highest BCUT2D eigenvalue weighted by Gasteiger charge is 2.29. The van der Waals surface area contributed by atoms with Gasteiger partial charge in [0.1, 0.15) is 29.0 Å². The Labute approximate surface area is 200 Å². The van der Waals surface area contributed by atoms with E-state index in [2.05, 4.69) is 25.2 Å². The fourth-order valence-corrected chi connectivity index (χ4v) is 5.43. The molecule has 34 heavy (non-hydrogen) atoms. The maximum absolute atomic E-state index is 13.2. The third-order valence-corrected chi connectivity index (χ3v) is 7.54. The minimum atomic E-state index is -3.59. The number of pyridine rings is 1. The van der Waals surface area contributed by atoms with Gasteiger partial charge in [0.05, 0.1) is 11.5 Å². The van der Waals surface area contributed by atoms with Crippen molar-refractivity contribution in [3.05, 3.63) is 59.5 Å². The first-order valence-corrected chi connectivity index (χ1v) is 12.7. The van der Waals surface area contributed by atoms with Crippen molar-refractivity contribution in [2.75, 3.05) is 43.0 Å². The molecule has 0 saturated carbocycles. The largest absolute Gasteiger partial charge is 0.494 e. The Hall–Kier alpha value is -3.24. The minimum absolute atomic E-state index is 0.289. The van der Waals surface area contributed by atoms with E-state index in [-0.39, 0.29) is 4.90 Å². The van der Waals surface area contributed by atoms with Crippen LogP contribution in [0.2, 0.25) is 0 Å². The topological polar surface area (TPSA) is 101 Å². The van der Waals surface area contributed by atoms with Gasteiger partial charge >= 0.3 is 0 Å². The zero-order valence-corrected chi connectivity index (χ0v) is 20.8. The molecule has 3 aromatic rings. The van der Waals surface area contributed by atoms with E-state index in [1.165, 1.54) is 4.31 Å². The first-order chi connectivity index (χ1) is 16.3. The molecule has 1 aromatic carbocycles. The molecule has 1 aliphatic rings. The van der Waals surface area contributed by atoms with Gasteiger partial charge in [0, 0.05) is 38.4 Å². The van der Waals surface area contributed by atoms with Crippen LogP contribution >= 0.6 is 0 Å². The first kappa shape index (κ1) is 23.9. The SMILES string of the molecule is CCOc1ccc(S(=O)(=O)N2CCN(c3cc(Nc4cc(C)ccn4)nc(C)n3)CC2)cc1C. The molecule has 9 nitrogen and oxygen atoms in total. The maximum Gasteiger partial charge on any atom is 0.243 e. The molecule has 10 heteroatoms. The molecule has 0 atom stereocenters.